The van der Waals surface area contributed by atoms with E-state index in [1.165, 1.54) is 10.3 Å². The summed E-state index contributed by atoms with van der Waals surface area (Å²) in [4.78, 5) is 4.55. The van der Waals surface area contributed by atoms with Crippen LogP contribution in [0.25, 0.3) is 10.2 Å². The number of benzene rings is 2. The molecule has 0 amide bonds. The van der Waals surface area contributed by atoms with Crippen molar-refractivity contribution >= 4 is 26.7 Å². The number of thiazole rings is 1. The fourth-order valence-electron chi connectivity index (χ4n) is 1.91. The van der Waals surface area contributed by atoms with Gasteiger partial charge in [-0.1, -0.05) is 35.6 Å². The van der Waals surface area contributed by atoms with E-state index in [-0.39, 0.29) is 0 Å². The van der Waals surface area contributed by atoms with Crippen LogP contribution in [0.5, 0.6) is 5.75 Å². The van der Waals surface area contributed by atoms with Crippen molar-refractivity contribution in [3.05, 3.63) is 54.1 Å². The van der Waals surface area contributed by atoms with Gasteiger partial charge in [-0.15, -0.1) is 0 Å². The highest BCUT2D eigenvalue weighted by atomic mass is 32.1. The highest BCUT2D eigenvalue weighted by molar-refractivity contribution is 7.22. The first kappa shape index (κ1) is 12.0. The molecule has 1 heterocycles. The molecular formula is C15H14N2OS. The highest BCUT2D eigenvalue weighted by Gasteiger charge is 2.02. The van der Waals surface area contributed by atoms with Crippen molar-refractivity contribution in [2.45, 2.75) is 6.54 Å². The normalized spacial score (nSPS) is 10.6. The predicted molar refractivity (Wildman–Crippen MR) is 79.9 cm³/mol. The van der Waals surface area contributed by atoms with E-state index in [1.807, 2.05) is 36.4 Å². The Hall–Kier alpha value is -2.07. The Labute approximate surface area is 115 Å². The van der Waals surface area contributed by atoms with Crippen LogP contribution >= 0.6 is 11.3 Å². The van der Waals surface area contributed by atoms with Crippen molar-refractivity contribution in [3.63, 3.8) is 0 Å². The fourth-order valence-corrected chi connectivity index (χ4v) is 2.77. The second-order valence-corrected chi connectivity index (χ2v) is 5.22. The number of hydrogen-bond donors (Lipinski definition) is 1. The molecule has 0 radical (unpaired) electrons. The summed E-state index contributed by atoms with van der Waals surface area (Å²) in [5, 5.41) is 4.30. The molecule has 19 heavy (non-hydrogen) atoms. The monoisotopic (exact) mass is 270 g/mol. The lowest BCUT2D eigenvalue weighted by Crippen LogP contribution is -1.98. The summed E-state index contributed by atoms with van der Waals surface area (Å²) in [6.45, 7) is 0.747. The molecule has 0 unspecified atom stereocenters. The van der Waals surface area contributed by atoms with Crippen LogP contribution in [0.1, 0.15) is 5.56 Å². The van der Waals surface area contributed by atoms with Crippen molar-refractivity contribution in [2.75, 3.05) is 12.4 Å². The van der Waals surface area contributed by atoms with Gasteiger partial charge in [0, 0.05) is 6.54 Å². The van der Waals surface area contributed by atoms with E-state index >= 15 is 0 Å². The van der Waals surface area contributed by atoms with Gasteiger partial charge < -0.3 is 10.1 Å². The number of nitrogens with one attached hydrogen (secondary N) is 1. The quantitative estimate of drug-likeness (QED) is 0.780. The number of methoxy groups -OCH3 is 1. The molecule has 3 rings (SSSR count). The molecule has 2 aromatic carbocycles. The van der Waals surface area contributed by atoms with Crippen LogP contribution in [0.15, 0.2) is 48.5 Å². The van der Waals surface area contributed by atoms with Gasteiger partial charge in [-0.3, -0.25) is 0 Å². The Morgan fingerprint density at radius 3 is 2.89 bits per heavy atom. The zero-order valence-corrected chi connectivity index (χ0v) is 11.4. The molecule has 4 heteroatoms. The standard InChI is InChI=1S/C15H14N2OS/c1-18-12-6-4-5-11(9-12)10-16-15-17-13-7-2-3-8-14(13)19-15/h2-9H,10H2,1H3,(H,16,17). The third kappa shape index (κ3) is 2.69. The minimum atomic E-state index is 0.747. The lowest BCUT2D eigenvalue weighted by atomic mass is 10.2. The number of anilines is 1. The van der Waals surface area contributed by atoms with E-state index in [0.29, 0.717) is 0 Å². The summed E-state index contributed by atoms with van der Waals surface area (Å²) >= 11 is 1.67. The Bertz CT molecular complexity index is 660. The molecule has 0 saturated heterocycles. The molecule has 0 atom stereocenters. The third-order valence-corrected chi connectivity index (χ3v) is 3.87. The fraction of sp³-hybridized carbons (Fsp3) is 0.133. The SMILES string of the molecule is COc1cccc(CNc2nc3ccccc3s2)c1. The zero-order chi connectivity index (χ0) is 13.1. The van der Waals surface area contributed by atoms with E-state index in [4.69, 9.17) is 4.74 Å². The number of ether oxygens (including phenoxy) is 1. The number of hydrogen-bond acceptors (Lipinski definition) is 4. The largest absolute Gasteiger partial charge is 0.497 e. The molecule has 0 aliphatic carbocycles. The summed E-state index contributed by atoms with van der Waals surface area (Å²) in [6.07, 6.45) is 0. The summed E-state index contributed by atoms with van der Waals surface area (Å²) in [7, 11) is 1.68. The van der Waals surface area contributed by atoms with Crippen molar-refractivity contribution in [1.29, 1.82) is 0 Å². The maximum Gasteiger partial charge on any atom is 0.184 e. The average Bonchev–Trinajstić information content (AvgIpc) is 2.88. The van der Waals surface area contributed by atoms with Crippen LogP contribution in [0.4, 0.5) is 5.13 Å². The molecule has 3 aromatic rings. The first-order valence-electron chi connectivity index (χ1n) is 6.07. The van der Waals surface area contributed by atoms with E-state index in [2.05, 4.69) is 22.4 Å². The number of nitrogens with zero attached hydrogens (tertiary/aromatic N) is 1. The van der Waals surface area contributed by atoms with Crippen molar-refractivity contribution < 1.29 is 4.74 Å². The van der Waals surface area contributed by atoms with Gasteiger partial charge in [0.1, 0.15) is 5.75 Å². The number of fused-ring (bicyclic) bond motifs is 1. The van der Waals surface area contributed by atoms with Gasteiger partial charge in [0.15, 0.2) is 5.13 Å². The van der Waals surface area contributed by atoms with E-state index in [0.717, 1.165) is 22.9 Å². The van der Waals surface area contributed by atoms with Gasteiger partial charge in [0.2, 0.25) is 0 Å². The van der Waals surface area contributed by atoms with E-state index < -0.39 is 0 Å². The lowest BCUT2D eigenvalue weighted by molar-refractivity contribution is 0.414. The van der Waals surface area contributed by atoms with Gasteiger partial charge in [-0.05, 0) is 29.8 Å². The van der Waals surface area contributed by atoms with Crippen LogP contribution in [0, 0.1) is 0 Å². The molecular weight excluding hydrogens is 256 g/mol. The van der Waals surface area contributed by atoms with Crippen LogP contribution in [-0.2, 0) is 6.54 Å². The topological polar surface area (TPSA) is 34.1 Å². The van der Waals surface area contributed by atoms with Crippen molar-refractivity contribution in [1.82, 2.24) is 4.98 Å². The molecule has 96 valence electrons. The first-order valence-corrected chi connectivity index (χ1v) is 6.89. The Morgan fingerprint density at radius 1 is 1.16 bits per heavy atom. The molecule has 0 aliphatic heterocycles. The van der Waals surface area contributed by atoms with E-state index in [1.54, 1.807) is 18.4 Å². The van der Waals surface area contributed by atoms with Crippen LogP contribution in [0.3, 0.4) is 0 Å². The molecule has 1 N–H and O–H groups in total. The summed E-state index contributed by atoms with van der Waals surface area (Å²) in [5.41, 5.74) is 2.22. The molecule has 3 nitrogen and oxygen atoms in total. The predicted octanol–water partition coefficient (Wildman–Crippen LogP) is 3.92. The number of aromatic nitrogens is 1. The molecule has 0 saturated carbocycles. The second-order valence-electron chi connectivity index (χ2n) is 4.19. The smallest absolute Gasteiger partial charge is 0.184 e. The Morgan fingerprint density at radius 2 is 2.05 bits per heavy atom. The minimum absolute atomic E-state index is 0.747. The summed E-state index contributed by atoms with van der Waals surface area (Å²) in [5.74, 6) is 0.878. The van der Waals surface area contributed by atoms with Gasteiger partial charge >= 0.3 is 0 Å². The van der Waals surface area contributed by atoms with Gasteiger partial charge in [0.05, 0.1) is 17.3 Å². The molecule has 1 aromatic heterocycles. The first-order chi connectivity index (χ1) is 9.35. The Balaban J connectivity index is 1.74. The van der Waals surface area contributed by atoms with Crippen LogP contribution in [0.2, 0.25) is 0 Å². The van der Waals surface area contributed by atoms with Crippen LogP contribution < -0.4 is 10.1 Å². The zero-order valence-electron chi connectivity index (χ0n) is 10.6. The minimum Gasteiger partial charge on any atom is -0.497 e. The average molecular weight is 270 g/mol. The molecule has 0 bridgehead atoms. The second kappa shape index (κ2) is 5.28. The Kier molecular flexibility index (Phi) is 3.33. The third-order valence-electron chi connectivity index (χ3n) is 2.87. The summed E-state index contributed by atoms with van der Waals surface area (Å²) < 4.78 is 6.42. The maximum atomic E-state index is 5.21. The lowest BCUT2D eigenvalue weighted by Gasteiger charge is -2.05. The van der Waals surface area contributed by atoms with Gasteiger partial charge in [-0.25, -0.2) is 4.98 Å². The highest BCUT2D eigenvalue weighted by Crippen LogP contribution is 2.25. The van der Waals surface area contributed by atoms with Gasteiger partial charge in [-0.2, -0.15) is 0 Å². The number of rotatable bonds is 4. The summed E-state index contributed by atoms with van der Waals surface area (Å²) in [6, 6.07) is 16.2. The van der Waals surface area contributed by atoms with Crippen LogP contribution in [-0.4, -0.2) is 12.1 Å². The van der Waals surface area contributed by atoms with Crippen molar-refractivity contribution in [2.24, 2.45) is 0 Å². The molecule has 0 fully saturated rings. The number of para-hydroxylation sites is 1. The van der Waals surface area contributed by atoms with Gasteiger partial charge in [0.25, 0.3) is 0 Å². The van der Waals surface area contributed by atoms with Crippen molar-refractivity contribution in [3.8, 4) is 5.75 Å². The maximum absolute atomic E-state index is 5.21. The molecule has 0 aliphatic rings. The molecule has 0 spiro atoms. The van der Waals surface area contributed by atoms with E-state index in [9.17, 15) is 0 Å².